The minimum atomic E-state index is -4.65. The van der Waals surface area contributed by atoms with E-state index in [2.05, 4.69) is 26.5 Å². The lowest BCUT2D eigenvalue weighted by Crippen LogP contribution is -2.42. The molecular formula is C24H23ClF3N5O3. The number of urea groups is 1. The number of halogens is 4. The highest BCUT2D eigenvalue weighted by molar-refractivity contribution is 6.31. The molecule has 190 valence electrons. The van der Waals surface area contributed by atoms with Gasteiger partial charge in [0.05, 0.1) is 10.6 Å². The summed E-state index contributed by atoms with van der Waals surface area (Å²) in [7, 11) is 0. The predicted octanol–water partition coefficient (Wildman–Crippen LogP) is 6.22. The molecule has 3 amide bonds. The molecular weight excluding hydrogens is 499 g/mol. The molecule has 1 aromatic heterocycles. The monoisotopic (exact) mass is 521 g/mol. The van der Waals surface area contributed by atoms with Crippen LogP contribution >= 0.6 is 11.6 Å². The van der Waals surface area contributed by atoms with Crippen LogP contribution in [-0.4, -0.2) is 23.0 Å². The number of nitrogens with one attached hydrogen (secondary N) is 4. The SMILES string of the molecule is CCC(C)NNC(=O)c1cc(Oc2ccc(NC(=O)Nc3ccc(Cl)c(C(F)(F)F)c3)cc2)ccn1. The Balaban J connectivity index is 1.58. The summed E-state index contributed by atoms with van der Waals surface area (Å²) in [5.41, 5.74) is 4.87. The maximum Gasteiger partial charge on any atom is 0.417 e. The molecule has 1 unspecified atom stereocenters. The number of aromatic nitrogens is 1. The Hall–Kier alpha value is -3.83. The Bertz CT molecular complexity index is 1220. The number of rotatable bonds is 8. The molecule has 0 bridgehead atoms. The van der Waals surface area contributed by atoms with Crippen molar-refractivity contribution in [2.45, 2.75) is 32.5 Å². The Morgan fingerprint density at radius 2 is 1.67 bits per heavy atom. The van der Waals surface area contributed by atoms with E-state index in [1.807, 2.05) is 13.8 Å². The molecule has 0 aliphatic rings. The van der Waals surface area contributed by atoms with Gasteiger partial charge < -0.3 is 15.4 Å². The van der Waals surface area contributed by atoms with E-state index in [0.29, 0.717) is 17.2 Å². The number of amides is 3. The van der Waals surface area contributed by atoms with E-state index in [4.69, 9.17) is 16.3 Å². The van der Waals surface area contributed by atoms with Crippen LogP contribution in [0.3, 0.4) is 0 Å². The van der Waals surface area contributed by atoms with Gasteiger partial charge in [0.2, 0.25) is 0 Å². The lowest BCUT2D eigenvalue weighted by atomic mass is 10.2. The van der Waals surface area contributed by atoms with Crippen LogP contribution in [-0.2, 0) is 6.18 Å². The van der Waals surface area contributed by atoms with Gasteiger partial charge >= 0.3 is 12.2 Å². The number of alkyl halides is 3. The molecule has 0 radical (unpaired) electrons. The summed E-state index contributed by atoms with van der Waals surface area (Å²) in [4.78, 5) is 28.5. The van der Waals surface area contributed by atoms with Crippen LogP contribution in [0.25, 0.3) is 0 Å². The van der Waals surface area contributed by atoms with Crippen molar-refractivity contribution in [2.75, 3.05) is 10.6 Å². The fourth-order valence-electron chi connectivity index (χ4n) is 2.81. The highest BCUT2D eigenvalue weighted by Crippen LogP contribution is 2.36. The number of hydrazine groups is 1. The molecule has 0 aliphatic heterocycles. The third-order valence-corrected chi connectivity index (χ3v) is 5.22. The van der Waals surface area contributed by atoms with Crippen molar-refractivity contribution in [3.05, 3.63) is 77.1 Å². The highest BCUT2D eigenvalue weighted by Gasteiger charge is 2.33. The lowest BCUT2D eigenvalue weighted by Gasteiger charge is -2.13. The van der Waals surface area contributed by atoms with Crippen molar-refractivity contribution in [1.29, 1.82) is 0 Å². The summed E-state index contributed by atoms with van der Waals surface area (Å²) in [5, 5.41) is 4.38. The molecule has 1 heterocycles. The van der Waals surface area contributed by atoms with E-state index < -0.39 is 28.7 Å². The zero-order valence-corrected chi connectivity index (χ0v) is 20.0. The van der Waals surface area contributed by atoms with Gasteiger partial charge in [-0.2, -0.15) is 13.2 Å². The zero-order chi connectivity index (χ0) is 26.3. The molecule has 1 atom stereocenters. The third kappa shape index (κ3) is 7.59. The molecule has 0 spiro atoms. The molecule has 3 aromatic rings. The van der Waals surface area contributed by atoms with E-state index in [1.54, 1.807) is 30.3 Å². The summed E-state index contributed by atoms with van der Waals surface area (Å²) < 4.78 is 44.7. The van der Waals surface area contributed by atoms with Crippen molar-refractivity contribution >= 4 is 34.9 Å². The summed E-state index contributed by atoms with van der Waals surface area (Å²) in [6.07, 6.45) is -2.37. The van der Waals surface area contributed by atoms with Gasteiger partial charge in [0.25, 0.3) is 5.91 Å². The largest absolute Gasteiger partial charge is 0.457 e. The Morgan fingerprint density at radius 3 is 2.33 bits per heavy atom. The van der Waals surface area contributed by atoms with Crippen LogP contribution in [0.5, 0.6) is 11.5 Å². The average molecular weight is 522 g/mol. The first-order valence-corrected chi connectivity index (χ1v) is 11.2. The smallest absolute Gasteiger partial charge is 0.417 e. The van der Waals surface area contributed by atoms with E-state index in [1.165, 1.54) is 18.3 Å². The zero-order valence-electron chi connectivity index (χ0n) is 19.2. The topological polar surface area (TPSA) is 104 Å². The second-order valence-corrected chi connectivity index (χ2v) is 8.09. The predicted molar refractivity (Wildman–Crippen MR) is 130 cm³/mol. The van der Waals surface area contributed by atoms with Gasteiger partial charge in [-0.05, 0) is 61.9 Å². The molecule has 3 rings (SSSR count). The Morgan fingerprint density at radius 1 is 1.00 bits per heavy atom. The van der Waals surface area contributed by atoms with Crippen LogP contribution in [0.2, 0.25) is 5.02 Å². The molecule has 12 heteroatoms. The molecule has 0 fully saturated rings. The summed E-state index contributed by atoms with van der Waals surface area (Å²) >= 11 is 5.59. The second-order valence-electron chi connectivity index (χ2n) is 7.68. The third-order valence-electron chi connectivity index (χ3n) is 4.89. The van der Waals surface area contributed by atoms with Gasteiger partial charge in [-0.1, -0.05) is 18.5 Å². The summed E-state index contributed by atoms with van der Waals surface area (Å²) in [5.74, 6) is 0.387. The van der Waals surface area contributed by atoms with Crippen molar-refractivity contribution < 1.29 is 27.5 Å². The Kier molecular flexibility index (Phi) is 8.73. The maximum absolute atomic E-state index is 13.0. The van der Waals surface area contributed by atoms with Gasteiger partial charge in [-0.15, -0.1) is 0 Å². The second kappa shape index (κ2) is 11.7. The summed E-state index contributed by atoms with van der Waals surface area (Å²) in [6.45, 7) is 3.91. The lowest BCUT2D eigenvalue weighted by molar-refractivity contribution is -0.137. The molecule has 8 nitrogen and oxygen atoms in total. The first-order chi connectivity index (χ1) is 17.0. The number of pyridine rings is 1. The van der Waals surface area contributed by atoms with Crippen LogP contribution in [0.4, 0.5) is 29.3 Å². The normalized spacial score (nSPS) is 11.9. The van der Waals surface area contributed by atoms with Crippen LogP contribution in [0.15, 0.2) is 60.8 Å². The average Bonchev–Trinajstić information content (AvgIpc) is 2.84. The number of anilines is 2. The van der Waals surface area contributed by atoms with Gasteiger partial charge in [-0.25, -0.2) is 10.2 Å². The van der Waals surface area contributed by atoms with Crippen molar-refractivity contribution in [2.24, 2.45) is 0 Å². The Labute approximate surface area is 210 Å². The molecule has 4 N–H and O–H groups in total. The number of nitrogens with zero attached hydrogens (tertiary/aromatic N) is 1. The van der Waals surface area contributed by atoms with Crippen molar-refractivity contribution in [3.63, 3.8) is 0 Å². The number of benzene rings is 2. The van der Waals surface area contributed by atoms with Gasteiger partial charge in [0.15, 0.2) is 0 Å². The van der Waals surface area contributed by atoms with E-state index in [9.17, 15) is 22.8 Å². The number of ether oxygens (including phenoxy) is 1. The first kappa shape index (κ1) is 26.8. The number of carbonyl (C=O) groups excluding carboxylic acids is 2. The molecule has 0 aliphatic carbocycles. The molecule has 36 heavy (non-hydrogen) atoms. The number of hydrogen-bond donors (Lipinski definition) is 4. The minimum Gasteiger partial charge on any atom is -0.457 e. The van der Waals surface area contributed by atoms with E-state index >= 15 is 0 Å². The molecule has 0 saturated carbocycles. The van der Waals surface area contributed by atoms with Gasteiger partial charge in [0.1, 0.15) is 17.2 Å². The highest BCUT2D eigenvalue weighted by atomic mass is 35.5. The van der Waals surface area contributed by atoms with Gasteiger partial charge in [-0.3, -0.25) is 15.2 Å². The fourth-order valence-corrected chi connectivity index (χ4v) is 3.03. The van der Waals surface area contributed by atoms with Crippen molar-refractivity contribution in [1.82, 2.24) is 15.8 Å². The maximum atomic E-state index is 13.0. The molecule has 2 aromatic carbocycles. The van der Waals surface area contributed by atoms with Crippen LogP contribution in [0.1, 0.15) is 36.3 Å². The molecule has 0 saturated heterocycles. The van der Waals surface area contributed by atoms with Gasteiger partial charge in [0, 0.05) is 29.7 Å². The quantitative estimate of drug-likeness (QED) is 0.263. The fraction of sp³-hybridized carbons (Fsp3) is 0.208. The number of hydrogen-bond acceptors (Lipinski definition) is 5. The van der Waals surface area contributed by atoms with Crippen LogP contribution < -0.4 is 26.2 Å². The van der Waals surface area contributed by atoms with Crippen LogP contribution in [0, 0.1) is 0 Å². The number of carbonyl (C=O) groups is 2. The van der Waals surface area contributed by atoms with E-state index in [0.717, 1.165) is 18.6 Å². The van der Waals surface area contributed by atoms with E-state index in [-0.39, 0.29) is 17.4 Å². The first-order valence-electron chi connectivity index (χ1n) is 10.8. The summed E-state index contributed by atoms with van der Waals surface area (Å²) in [6, 6.07) is 11.7. The van der Waals surface area contributed by atoms with Crippen molar-refractivity contribution in [3.8, 4) is 11.5 Å². The minimum absolute atomic E-state index is 0.0685. The standard InChI is InChI=1S/C24H23ClF3N5O3/c1-3-14(2)32-33-22(34)21-13-18(10-11-29-21)36-17-7-4-15(5-8-17)30-23(35)31-16-6-9-20(25)19(12-16)24(26,27)28/h4-14,32H,3H2,1-2H3,(H,33,34)(H2,30,31,35).